The van der Waals surface area contributed by atoms with Gasteiger partial charge in [0.05, 0.1) is 46.6 Å². The summed E-state index contributed by atoms with van der Waals surface area (Å²) >= 11 is 6.43. The van der Waals surface area contributed by atoms with Gasteiger partial charge in [0.15, 0.2) is 0 Å². The number of pyridine rings is 2. The molecule has 1 aromatic carbocycles. The van der Waals surface area contributed by atoms with E-state index in [0.29, 0.717) is 22.3 Å². The van der Waals surface area contributed by atoms with Crippen LogP contribution in [0, 0.1) is 5.41 Å². The van der Waals surface area contributed by atoms with Gasteiger partial charge in [-0.25, -0.2) is 4.79 Å². The number of fused-ring (bicyclic) bond motifs is 4. The molecule has 2 aliphatic rings. The zero-order valence-corrected chi connectivity index (χ0v) is 18.6. The van der Waals surface area contributed by atoms with E-state index in [4.69, 9.17) is 21.3 Å². The van der Waals surface area contributed by atoms with Crippen LogP contribution < -0.4 is 10.4 Å². The monoisotopic (exact) mass is 445 g/mol. The number of dihydropyridines is 1. The van der Waals surface area contributed by atoms with Gasteiger partial charge < -0.3 is 4.74 Å². The Morgan fingerprint density at radius 3 is 2.88 bits per heavy atom. The number of aryl methyl sites for hydroxylation is 1. The number of allylic oxidation sites excluding steroid dienone is 1. The van der Waals surface area contributed by atoms with E-state index in [0.717, 1.165) is 39.7 Å². The van der Waals surface area contributed by atoms with Crippen LogP contribution in [-0.4, -0.2) is 38.5 Å². The molecule has 1 aliphatic carbocycles. The zero-order valence-electron chi connectivity index (χ0n) is 17.8. The van der Waals surface area contributed by atoms with Gasteiger partial charge >= 0.3 is 5.69 Å². The molecule has 0 bridgehead atoms. The van der Waals surface area contributed by atoms with Crippen molar-refractivity contribution >= 4 is 45.3 Å². The Morgan fingerprint density at radius 2 is 2.12 bits per heavy atom. The van der Waals surface area contributed by atoms with E-state index in [9.17, 15) is 4.79 Å². The number of ether oxygens (including phenoxy) is 1. The summed E-state index contributed by atoms with van der Waals surface area (Å²) in [6, 6.07) is 6.07. The highest BCUT2D eigenvalue weighted by molar-refractivity contribution is 6.32. The number of hydrogen-bond acceptors (Lipinski definition) is 5. The molecule has 8 heteroatoms. The van der Waals surface area contributed by atoms with Gasteiger partial charge in [0.1, 0.15) is 5.75 Å². The Hall–Kier alpha value is -3.45. The van der Waals surface area contributed by atoms with Crippen molar-refractivity contribution in [2.45, 2.75) is 19.4 Å². The first-order valence-corrected chi connectivity index (χ1v) is 10.7. The lowest BCUT2D eigenvalue weighted by Crippen LogP contribution is -2.21. The summed E-state index contributed by atoms with van der Waals surface area (Å²) in [5.74, 6) is 0.719. The van der Waals surface area contributed by atoms with Gasteiger partial charge in [-0.15, -0.1) is 0 Å². The van der Waals surface area contributed by atoms with E-state index in [-0.39, 0.29) is 11.1 Å². The van der Waals surface area contributed by atoms with Crippen LogP contribution in [-0.2, 0) is 7.05 Å². The quantitative estimate of drug-likeness (QED) is 0.474. The maximum absolute atomic E-state index is 13.2. The number of halogens is 1. The number of aliphatic imine (C=N–C) groups is 1. The van der Waals surface area contributed by atoms with Crippen molar-refractivity contribution < 1.29 is 4.74 Å². The number of rotatable bonds is 3. The molecular formula is C24H20ClN5O2. The molecular weight excluding hydrogens is 426 g/mol. The summed E-state index contributed by atoms with van der Waals surface area (Å²) in [6.07, 6.45) is 10.1. The molecule has 7 nitrogen and oxygen atoms in total. The van der Waals surface area contributed by atoms with Crippen LogP contribution in [0.5, 0.6) is 5.75 Å². The van der Waals surface area contributed by atoms with Crippen LogP contribution in [0.3, 0.4) is 0 Å². The Kier molecular flexibility index (Phi) is 3.93. The van der Waals surface area contributed by atoms with Gasteiger partial charge in [0, 0.05) is 48.1 Å². The van der Waals surface area contributed by atoms with Crippen molar-refractivity contribution in [3.63, 3.8) is 0 Å². The molecule has 0 radical (unpaired) electrons. The molecule has 0 saturated heterocycles. The third-order valence-electron chi connectivity index (χ3n) is 6.62. The van der Waals surface area contributed by atoms with Crippen LogP contribution in [0.25, 0.3) is 33.2 Å². The SMILES string of the molecule is COc1cc2ncc3c(c2cc1C1=CC2(C)CC2N=C1)n(-c1ccncc1Cl)c(=O)n3C. The highest BCUT2D eigenvalue weighted by Gasteiger charge is 2.50. The van der Waals surface area contributed by atoms with Gasteiger partial charge in [0.25, 0.3) is 0 Å². The largest absolute Gasteiger partial charge is 0.496 e. The first-order chi connectivity index (χ1) is 15.4. The van der Waals surface area contributed by atoms with Crippen molar-refractivity contribution in [2.24, 2.45) is 17.5 Å². The van der Waals surface area contributed by atoms with Gasteiger partial charge in [-0.3, -0.25) is 24.1 Å². The Labute approximate surface area is 188 Å². The zero-order chi connectivity index (χ0) is 22.2. The molecule has 0 N–H and O–H groups in total. The molecule has 4 aromatic rings. The first-order valence-electron chi connectivity index (χ1n) is 10.4. The van der Waals surface area contributed by atoms with Crippen LogP contribution in [0.1, 0.15) is 18.9 Å². The normalized spacial score (nSPS) is 21.6. The van der Waals surface area contributed by atoms with Crippen molar-refractivity contribution in [1.29, 1.82) is 0 Å². The summed E-state index contributed by atoms with van der Waals surface area (Å²) in [6.45, 7) is 2.22. The molecule has 1 saturated carbocycles. The molecule has 0 spiro atoms. The number of imidazole rings is 1. The average Bonchev–Trinajstić information content (AvgIpc) is 3.42. The van der Waals surface area contributed by atoms with E-state index >= 15 is 0 Å². The molecule has 4 heterocycles. The minimum Gasteiger partial charge on any atom is -0.496 e. The van der Waals surface area contributed by atoms with E-state index in [1.165, 1.54) is 6.20 Å². The number of hydrogen-bond donors (Lipinski definition) is 0. The van der Waals surface area contributed by atoms with E-state index in [1.807, 2.05) is 18.3 Å². The molecule has 6 rings (SSSR count). The minimum atomic E-state index is -0.202. The summed E-state index contributed by atoms with van der Waals surface area (Å²) in [4.78, 5) is 26.6. The smallest absolute Gasteiger partial charge is 0.333 e. The van der Waals surface area contributed by atoms with Gasteiger partial charge in [0.2, 0.25) is 0 Å². The number of nitrogens with zero attached hydrogens (tertiary/aromatic N) is 5. The maximum atomic E-state index is 13.2. The first kappa shape index (κ1) is 19.3. The summed E-state index contributed by atoms with van der Waals surface area (Å²) in [7, 11) is 3.39. The van der Waals surface area contributed by atoms with E-state index in [1.54, 1.807) is 41.8 Å². The number of benzene rings is 1. The summed E-state index contributed by atoms with van der Waals surface area (Å²) in [5.41, 5.74) is 4.60. The predicted molar refractivity (Wildman–Crippen MR) is 126 cm³/mol. The summed E-state index contributed by atoms with van der Waals surface area (Å²) in [5, 5.41) is 1.23. The van der Waals surface area contributed by atoms with Crippen LogP contribution in [0.2, 0.25) is 5.02 Å². The van der Waals surface area contributed by atoms with E-state index in [2.05, 4.69) is 23.0 Å². The third-order valence-corrected chi connectivity index (χ3v) is 6.91. The Morgan fingerprint density at radius 1 is 1.28 bits per heavy atom. The van der Waals surface area contributed by atoms with Crippen LogP contribution in [0.15, 0.2) is 52.7 Å². The molecule has 160 valence electrons. The highest BCUT2D eigenvalue weighted by atomic mass is 35.5. The van der Waals surface area contributed by atoms with Crippen LogP contribution >= 0.6 is 11.6 Å². The Balaban J connectivity index is 1.71. The van der Waals surface area contributed by atoms with Gasteiger partial charge in [-0.05, 0) is 24.1 Å². The number of aromatic nitrogens is 4. The molecule has 32 heavy (non-hydrogen) atoms. The summed E-state index contributed by atoms with van der Waals surface area (Å²) < 4.78 is 8.93. The van der Waals surface area contributed by atoms with E-state index < -0.39 is 0 Å². The molecule has 3 aromatic heterocycles. The fourth-order valence-electron chi connectivity index (χ4n) is 4.64. The molecule has 2 atom stereocenters. The van der Waals surface area contributed by atoms with Crippen molar-refractivity contribution in [3.8, 4) is 11.4 Å². The lowest BCUT2D eigenvalue weighted by molar-refractivity contribution is 0.414. The second-order valence-electron chi connectivity index (χ2n) is 8.67. The maximum Gasteiger partial charge on any atom is 0.333 e. The van der Waals surface area contributed by atoms with Gasteiger partial charge in [-0.2, -0.15) is 0 Å². The predicted octanol–water partition coefficient (Wildman–Crippen LogP) is 4.18. The van der Waals surface area contributed by atoms with Crippen molar-refractivity contribution in [2.75, 3.05) is 7.11 Å². The standard InChI is InChI=1S/C24H20ClN5O2/c1-24-8-13(10-28-21(24)9-24)14-6-15-17(7-20(14)32-3)27-12-19-22(15)30(23(31)29(19)2)18-4-5-26-11-16(18)25/h4-8,10-12,21H,9H2,1-3H3. The van der Waals surface area contributed by atoms with Gasteiger partial charge in [-0.1, -0.05) is 24.6 Å². The fraction of sp³-hybridized carbons (Fsp3) is 0.250. The molecule has 1 fully saturated rings. The fourth-order valence-corrected chi connectivity index (χ4v) is 4.84. The Bertz CT molecular complexity index is 1560. The molecule has 0 amide bonds. The lowest BCUT2D eigenvalue weighted by atomic mass is 9.95. The molecule has 1 aliphatic heterocycles. The lowest BCUT2D eigenvalue weighted by Gasteiger charge is -2.16. The minimum absolute atomic E-state index is 0.105. The third kappa shape index (κ3) is 2.61. The van der Waals surface area contributed by atoms with Crippen molar-refractivity contribution in [3.05, 3.63) is 63.9 Å². The topological polar surface area (TPSA) is 74.3 Å². The average molecular weight is 446 g/mol. The second-order valence-corrected chi connectivity index (χ2v) is 9.08. The van der Waals surface area contributed by atoms with Crippen LogP contribution in [0.4, 0.5) is 0 Å². The number of methoxy groups -OCH3 is 1. The highest BCUT2D eigenvalue weighted by Crippen LogP contribution is 2.53. The second kappa shape index (κ2) is 6.53. The van der Waals surface area contributed by atoms with Crippen molar-refractivity contribution in [1.82, 2.24) is 19.1 Å². The molecule has 2 unspecified atom stereocenters.